The van der Waals surface area contributed by atoms with Crippen molar-refractivity contribution < 1.29 is 14.3 Å². The van der Waals surface area contributed by atoms with Crippen LogP contribution in [-0.2, 0) is 9.59 Å². The first-order valence-corrected chi connectivity index (χ1v) is 8.46. The van der Waals surface area contributed by atoms with Crippen LogP contribution in [-0.4, -0.2) is 31.5 Å². The number of nitrogens with one attached hydrogen (secondary N) is 2. The molecule has 1 fully saturated rings. The predicted molar refractivity (Wildman–Crippen MR) is 89.5 cm³/mol. The molecule has 0 spiro atoms. The topological polar surface area (TPSA) is 67.4 Å². The summed E-state index contributed by atoms with van der Waals surface area (Å²) in [6.07, 6.45) is 5.46. The second kappa shape index (κ2) is 9.40. The van der Waals surface area contributed by atoms with Gasteiger partial charge in [0.1, 0.15) is 5.75 Å². The monoisotopic (exact) mass is 338 g/mol. The maximum Gasteiger partial charge on any atom is 0.258 e. The van der Waals surface area contributed by atoms with E-state index in [1.165, 1.54) is 6.42 Å². The number of carbonyl (C=O) groups is 2. The molecule has 0 radical (unpaired) electrons. The van der Waals surface area contributed by atoms with E-state index < -0.39 is 0 Å². The summed E-state index contributed by atoms with van der Waals surface area (Å²) in [4.78, 5) is 23.6. The Morgan fingerprint density at radius 3 is 2.39 bits per heavy atom. The summed E-state index contributed by atoms with van der Waals surface area (Å²) in [6.45, 7) is 0.793. The van der Waals surface area contributed by atoms with Gasteiger partial charge in [-0.25, -0.2) is 0 Å². The van der Waals surface area contributed by atoms with Gasteiger partial charge in [0.25, 0.3) is 5.91 Å². The van der Waals surface area contributed by atoms with E-state index in [-0.39, 0.29) is 24.3 Å². The van der Waals surface area contributed by atoms with Crippen molar-refractivity contribution in [1.29, 1.82) is 0 Å². The maximum absolute atomic E-state index is 11.9. The van der Waals surface area contributed by atoms with E-state index in [1.807, 2.05) is 0 Å². The summed E-state index contributed by atoms with van der Waals surface area (Å²) in [5.41, 5.74) is 0. The van der Waals surface area contributed by atoms with Gasteiger partial charge in [-0.05, 0) is 37.1 Å². The first-order valence-electron chi connectivity index (χ1n) is 8.08. The molecule has 23 heavy (non-hydrogen) atoms. The Hall–Kier alpha value is -1.75. The van der Waals surface area contributed by atoms with Crippen LogP contribution in [0.2, 0.25) is 5.02 Å². The largest absolute Gasteiger partial charge is 0.484 e. The lowest BCUT2D eigenvalue weighted by Gasteiger charge is -2.20. The Bertz CT molecular complexity index is 513. The fourth-order valence-corrected chi connectivity index (χ4v) is 2.75. The molecule has 1 aromatic rings. The van der Waals surface area contributed by atoms with Crippen molar-refractivity contribution in [3.63, 3.8) is 0 Å². The molecule has 0 heterocycles. The van der Waals surface area contributed by atoms with Gasteiger partial charge in [-0.15, -0.1) is 0 Å². The number of ether oxygens (including phenoxy) is 1. The lowest BCUT2D eigenvalue weighted by atomic mass is 9.89. The van der Waals surface area contributed by atoms with Gasteiger partial charge < -0.3 is 15.4 Å². The lowest BCUT2D eigenvalue weighted by Crippen LogP contribution is -2.39. The van der Waals surface area contributed by atoms with Crippen LogP contribution in [0.4, 0.5) is 0 Å². The Labute approximate surface area is 141 Å². The third-order valence-corrected chi connectivity index (χ3v) is 4.16. The molecule has 1 aliphatic carbocycles. The fourth-order valence-electron chi connectivity index (χ4n) is 2.63. The number of benzene rings is 1. The summed E-state index contributed by atoms with van der Waals surface area (Å²) < 4.78 is 5.34. The smallest absolute Gasteiger partial charge is 0.258 e. The molecule has 5 nitrogen and oxygen atoms in total. The summed E-state index contributed by atoms with van der Waals surface area (Å²) in [6, 6.07) is 6.82. The first-order chi connectivity index (χ1) is 11.1. The highest BCUT2D eigenvalue weighted by Crippen LogP contribution is 2.23. The molecule has 2 rings (SSSR count). The minimum Gasteiger partial charge on any atom is -0.484 e. The van der Waals surface area contributed by atoms with Crippen molar-refractivity contribution in [2.45, 2.75) is 32.1 Å². The minimum absolute atomic E-state index is 0.0573. The Kier molecular flexibility index (Phi) is 7.20. The molecule has 6 heteroatoms. The highest BCUT2D eigenvalue weighted by Gasteiger charge is 2.20. The number of halogens is 1. The van der Waals surface area contributed by atoms with Crippen molar-refractivity contribution in [3.8, 4) is 5.75 Å². The Morgan fingerprint density at radius 2 is 1.70 bits per heavy atom. The zero-order chi connectivity index (χ0) is 16.5. The summed E-state index contributed by atoms with van der Waals surface area (Å²) >= 11 is 5.77. The Balaban J connectivity index is 1.55. The van der Waals surface area contributed by atoms with Crippen LogP contribution in [0.15, 0.2) is 24.3 Å². The number of hydrogen-bond donors (Lipinski definition) is 2. The first kappa shape index (κ1) is 17.6. The van der Waals surface area contributed by atoms with Crippen molar-refractivity contribution in [2.75, 3.05) is 19.7 Å². The molecule has 1 aliphatic rings. The summed E-state index contributed by atoms with van der Waals surface area (Å²) in [5.74, 6) is 0.631. The van der Waals surface area contributed by atoms with Crippen LogP contribution >= 0.6 is 11.6 Å². The van der Waals surface area contributed by atoms with Crippen LogP contribution in [0.25, 0.3) is 0 Å². The van der Waals surface area contributed by atoms with Gasteiger partial charge in [-0.1, -0.05) is 30.9 Å². The number of rotatable bonds is 7. The van der Waals surface area contributed by atoms with E-state index in [9.17, 15) is 9.59 Å². The van der Waals surface area contributed by atoms with Gasteiger partial charge in [-0.2, -0.15) is 0 Å². The van der Waals surface area contributed by atoms with E-state index in [1.54, 1.807) is 24.3 Å². The lowest BCUT2D eigenvalue weighted by molar-refractivity contribution is -0.126. The number of carbonyl (C=O) groups excluding carboxylic acids is 2. The highest BCUT2D eigenvalue weighted by molar-refractivity contribution is 6.30. The van der Waals surface area contributed by atoms with Gasteiger partial charge in [0.05, 0.1) is 0 Å². The van der Waals surface area contributed by atoms with E-state index in [2.05, 4.69) is 10.6 Å². The van der Waals surface area contributed by atoms with E-state index in [4.69, 9.17) is 16.3 Å². The third-order valence-electron chi connectivity index (χ3n) is 3.91. The molecule has 0 saturated heterocycles. The molecule has 0 aromatic heterocycles. The van der Waals surface area contributed by atoms with Crippen LogP contribution < -0.4 is 15.4 Å². The van der Waals surface area contributed by atoms with Crippen molar-refractivity contribution in [3.05, 3.63) is 29.3 Å². The van der Waals surface area contributed by atoms with Crippen molar-refractivity contribution in [1.82, 2.24) is 10.6 Å². The zero-order valence-electron chi connectivity index (χ0n) is 13.1. The molecule has 2 amide bonds. The van der Waals surface area contributed by atoms with E-state index >= 15 is 0 Å². The van der Waals surface area contributed by atoms with Gasteiger partial charge in [0.15, 0.2) is 6.61 Å². The second-order valence-electron chi connectivity index (χ2n) is 5.72. The minimum atomic E-state index is -0.216. The average molecular weight is 339 g/mol. The molecule has 2 N–H and O–H groups in total. The fraction of sp³-hybridized carbons (Fsp3) is 0.529. The van der Waals surface area contributed by atoms with Gasteiger partial charge >= 0.3 is 0 Å². The maximum atomic E-state index is 11.9. The normalized spacial score (nSPS) is 15.0. The number of hydrogen-bond acceptors (Lipinski definition) is 3. The molecule has 0 unspecified atom stereocenters. The average Bonchev–Trinajstić information content (AvgIpc) is 2.59. The molecule has 1 saturated carbocycles. The molecular weight excluding hydrogens is 316 g/mol. The highest BCUT2D eigenvalue weighted by atomic mass is 35.5. The standard InChI is InChI=1S/C17H23ClN2O3/c18-14-6-8-15(9-7-14)23-12-16(21)19-10-11-20-17(22)13-4-2-1-3-5-13/h6-9,13H,1-5,10-12H2,(H,19,21)(H,20,22). The summed E-state index contributed by atoms with van der Waals surface area (Å²) in [7, 11) is 0. The zero-order valence-corrected chi connectivity index (χ0v) is 13.9. The second-order valence-corrected chi connectivity index (χ2v) is 6.15. The number of amides is 2. The SMILES string of the molecule is O=C(COc1ccc(Cl)cc1)NCCNC(=O)C1CCCCC1. The van der Waals surface area contributed by atoms with Crippen LogP contribution in [0.5, 0.6) is 5.75 Å². The Morgan fingerprint density at radius 1 is 1.04 bits per heavy atom. The predicted octanol–water partition coefficient (Wildman–Crippen LogP) is 2.53. The van der Waals surface area contributed by atoms with Gasteiger partial charge in [-0.3, -0.25) is 9.59 Å². The molecule has 1 aromatic carbocycles. The molecule has 126 valence electrons. The van der Waals surface area contributed by atoms with Crippen LogP contribution in [0, 0.1) is 5.92 Å². The van der Waals surface area contributed by atoms with Crippen LogP contribution in [0.3, 0.4) is 0 Å². The molecule has 0 bridgehead atoms. The van der Waals surface area contributed by atoms with Gasteiger partial charge in [0.2, 0.25) is 5.91 Å². The molecule has 0 atom stereocenters. The van der Waals surface area contributed by atoms with Crippen molar-refractivity contribution in [2.24, 2.45) is 5.92 Å². The quantitative estimate of drug-likeness (QED) is 0.751. The van der Waals surface area contributed by atoms with Crippen LogP contribution in [0.1, 0.15) is 32.1 Å². The molecule has 0 aliphatic heterocycles. The van der Waals surface area contributed by atoms with Gasteiger partial charge in [0, 0.05) is 24.0 Å². The van der Waals surface area contributed by atoms with Crippen molar-refractivity contribution >= 4 is 23.4 Å². The van der Waals surface area contributed by atoms with E-state index in [0.717, 1.165) is 25.7 Å². The molecular formula is C17H23ClN2O3. The summed E-state index contributed by atoms with van der Waals surface area (Å²) in [5, 5.41) is 6.22. The van der Waals surface area contributed by atoms with E-state index in [0.29, 0.717) is 23.9 Å². The third kappa shape index (κ3) is 6.48.